The first-order valence-corrected chi connectivity index (χ1v) is 6.49. The topological polar surface area (TPSA) is 64.3 Å². The lowest BCUT2D eigenvalue weighted by Crippen LogP contribution is -2.30. The maximum atomic E-state index is 11.5. The van der Waals surface area contributed by atoms with E-state index in [0.717, 1.165) is 11.4 Å². The highest BCUT2D eigenvalue weighted by Gasteiger charge is 2.20. The number of anilines is 1. The Morgan fingerprint density at radius 3 is 2.67 bits per heavy atom. The summed E-state index contributed by atoms with van der Waals surface area (Å²) in [5.74, 6) is 1.53. The van der Waals surface area contributed by atoms with E-state index in [1.165, 1.54) is 19.3 Å². The van der Waals surface area contributed by atoms with Crippen molar-refractivity contribution in [3.63, 3.8) is 0 Å². The van der Waals surface area contributed by atoms with Gasteiger partial charge in [0.05, 0.1) is 6.54 Å². The average molecular weight is 248 g/mol. The maximum Gasteiger partial charge on any atom is 0.220 e. The highest BCUT2D eigenvalue weighted by Crippen LogP contribution is 2.28. The van der Waals surface area contributed by atoms with E-state index < -0.39 is 0 Å². The summed E-state index contributed by atoms with van der Waals surface area (Å²) < 4.78 is 5.49. The lowest BCUT2D eigenvalue weighted by Gasteiger charge is -2.24. The van der Waals surface area contributed by atoms with Gasteiger partial charge in [-0.3, -0.25) is 4.79 Å². The van der Waals surface area contributed by atoms with Crippen LogP contribution in [0.1, 0.15) is 25.7 Å². The number of nitrogen functional groups attached to an aromatic ring is 1. The van der Waals surface area contributed by atoms with E-state index in [-0.39, 0.29) is 5.91 Å². The van der Waals surface area contributed by atoms with E-state index in [4.69, 9.17) is 10.5 Å². The summed E-state index contributed by atoms with van der Waals surface area (Å²) in [6, 6.07) is 7.24. The van der Waals surface area contributed by atoms with Gasteiger partial charge in [-0.05, 0) is 43.0 Å². The molecule has 18 heavy (non-hydrogen) atoms. The summed E-state index contributed by atoms with van der Waals surface area (Å²) in [4.78, 5) is 11.5. The van der Waals surface area contributed by atoms with Crippen LogP contribution in [0.5, 0.6) is 5.75 Å². The van der Waals surface area contributed by atoms with E-state index in [9.17, 15) is 4.79 Å². The molecule has 1 aromatic rings. The fraction of sp³-hybridized carbons (Fsp3) is 0.500. The molecule has 1 fully saturated rings. The fourth-order valence-corrected chi connectivity index (χ4v) is 1.95. The van der Waals surface area contributed by atoms with Crippen LogP contribution in [0, 0.1) is 5.92 Å². The van der Waals surface area contributed by atoms with Crippen molar-refractivity contribution in [1.29, 1.82) is 0 Å². The molecule has 0 unspecified atom stereocenters. The van der Waals surface area contributed by atoms with E-state index in [0.29, 0.717) is 25.5 Å². The van der Waals surface area contributed by atoms with Gasteiger partial charge in [0.1, 0.15) is 12.4 Å². The van der Waals surface area contributed by atoms with E-state index in [1.54, 1.807) is 12.1 Å². The third kappa shape index (κ3) is 3.95. The zero-order valence-corrected chi connectivity index (χ0v) is 10.5. The molecule has 1 amide bonds. The number of amides is 1. The van der Waals surface area contributed by atoms with Crippen LogP contribution in [-0.2, 0) is 4.79 Å². The van der Waals surface area contributed by atoms with Crippen molar-refractivity contribution in [2.24, 2.45) is 5.92 Å². The summed E-state index contributed by atoms with van der Waals surface area (Å²) in [6.45, 7) is 1.04. The number of benzene rings is 1. The summed E-state index contributed by atoms with van der Waals surface area (Å²) in [7, 11) is 0. The second-order valence-electron chi connectivity index (χ2n) is 4.77. The Morgan fingerprint density at radius 1 is 1.33 bits per heavy atom. The Hall–Kier alpha value is -1.71. The maximum absolute atomic E-state index is 11.5. The minimum absolute atomic E-state index is 0.139. The summed E-state index contributed by atoms with van der Waals surface area (Å²) in [5.41, 5.74) is 6.29. The number of hydrogen-bond acceptors (Lipinski definition) is 3. The number of nitrogens with two attached hydrogens (primary N) is 1. The first kappa shape index (κ1) is 12.7. The van der Waals surface area contributed by atoms with Gasteiger partial charge < -0.3 is 15.8 Å². The monoisotopic (exact) mass is 248 g/mol. The van der Waals surface area contributed by atoms with Crippen LogP contribution < -0.4 is 15.8 Å². The Labute approximate surface area is 108 Å². The second-order valence-corrected chi connectivity index (χ2v) is 4.77. The van der Waals surface area contributed by atoms with Crippen LogP contribution in [-0.4, -0.2) is 19.1 Å². The quantitative estimate of drug-likeness (QED) is 0.597. The van der Waals surface area contributed by atoms with Gasteiger partial charge in [-0.25, -0.2) is 0 Å². The highest BCUT2D eigenvalue weighted by atomic mass is 16.5. The first-order valence-electron chi connectivity index (χ1n) is 6.49. The number of nitrogens with one attached hydrogen (secondary N) is 1. The number of hydrogen-bond donors (Lipinski definition) is 2. The third-order valence-corrected chi connectivity index (χ3v) is 3.27. The van der Waals surface area contributed by atoms with Gasteiger partial charge >= 0.3 is 0 Å². The lowest BCUT2D eigenvalue weighted by molar-refractivity contribution is -0.122. The number of rotatable bonds is 6. The van der Waals surface area contributed by atoms with Gasteiger partial charge in [0.15, 0.2) is 0 Å². The third-order valence-electron chi connectivity index (χ3n) is 3.27. The molecule has 0 saturated heterocycles. The Kier molecular flexibility index (Phi) is 4.45. The van der Waals surface area contributed by atoms with Gasteiger partial charge in [0.2, 0.25) is 5.91 Å². The number of ether oxygens (including phenoxy) is 1. The molecular formula is C14H20N2O2. The molecule has 1 aromatic carbocycles. The summed E-state index contributed by atoms with van der Waals surface area (Å²) in [6.07, 6.45) is 4.35. The Morgan fingerprint density at radius 2 is 2.06 bits per heavy atom. The molecule has 1 aliphatic rings. The SMILES string of the molecule is Nc1ccc(OCCNC(=O)CC2CCC2)cc1. The Bertz CT molecular complexity index is 385. The van der Waals surface area contributed by atoms with Crippen LogP contribution in [0.3, 0.4) is 0 Å². The molecule has 0 spiro atoms. The zero-order valence-electron chi connectivity index (χ0n) is 10.5. The van der Waals surface area contributed by atoms with Gasteiger partial charge in [0, 0.05) is 12.1 Å². The second kappa shape index (κ2) is 6.28. The smallest absolute Gasteiger partial charge is 0.220 e. The number of carbonyl (C=O) groups is 1. The van der Waals surface area contributed by atoms with Crippen LogP contribution in [0.15, 0.2) is 24.3 Å². The molecule has 2 rings (SSSR count). The zero-order chi connectivity index (χ0) is 12.8. The molecule has 0 aromatic heterocycles. The highest BCUT2D eigenvalue weighted by molar-refractivity contribution is 5.76. The van der Waals surface area contributed by atoms with Crippen LogP contribution in [0.4, 0.5) is 5.69 Å². The molecule has 4 nitrogen and oxygen atoms in total. The van der Waals surface area contributed by atoms with Crippen LogP contribution in [0.25, 0.3) is 0 Å². The normalized spacial score (nSPS) is 14.9. The molecular weight excluding hydrogens is 228 g/mol. The van der Waals surface area contributed by atoms with Gasteiger partial charge in [0.25, 0.3) is 0 Å². The lowest BCUT2D eigenvalue weighted by atomic mass is 9.83. The predicted molar refractivity (Wildman–Crippen MR) is 71.3 cm³/mol. The van der Waals surface area contributed by atoms with Gasteiger partial charge in [-0.2, -0.15) is 0 Å². The van der Waals surface area contributed by atoms with Gasteiger partial charge in [-0.15, -0.1) is 0 Å². The van der Waals surface area contributed by atoms with Crippen molar-refractivity contribution in [3.05, 3.63) is 24.3 Å². The van der Waals surface area contributed by atoms with Crippen molar-refractivity contribution in [3.8, 4) is 5.75 Å². The molecule has 0 heterocycles. The van der Waals surface area contributed by atoms with Crippen molar-refractivity contribution in [2.75, 3.05) is 18.9 Å². The first-order chi connectivity index (χ1) is 8.74. The molecule has 4 heteroatoms. The standard InChI is InChI=1S/C14H20N2O2/c15-12-4-6-13(7-5-12)18-9-8-16-14(17)10-11-2-1-3-11/h4-7,11H,1-3,8-10,15H2,(H,16,17). The molecule has 3 N–H and O–H groups in total. The largest absolute Gasteiger partial charge is 0.492 e. The molecule has 0 atom stereocenters. The van der Waals surface area contributed by atoms with Crippen LogP contribution in [0.2, 0.25) is 0 Å². The summed E-state index contributed by atoms with van der Waals surface area (Å²) in [5, 5.41) is 2.87. The number of carbonyl (C=O) groups excluding carboxylic acids is 1. The fourth-order valence-electron chi connectivity index (χ4n) is 1.95. The molecule has 1 aliphatic carbocycles. The average Bonchev–Trinajstić information content (AvgIpc) is 2.32. The minimum atomic E-state index is 0.139. The summed E-state index contributed by atoms with van der Waals surface area (Å²) >= 11 is 0. The van der Waals surface area contributed by atoms with Crippen LogP contribution >= 0.6 is 0 Å². The Balaban J connectivity index is 1.57. The van der Waals surface area contributed by atoms with E-state index in [2.05, 4.69) is 5.32 Å². The van der Waals surface area contributed by atoms with E-state index >= 15 is 0 Å². The van der Waals surface area contributed by atoms with Crippen molar-refractivity contribution < 1.29 is 9.53 Å². The van der Waals surface area contributed by atoms with Crippen molar-refractivity contribution in [1.82, 2.24) is 5.32 Å². The molecule has 0 bridgehead atoms. The molecule has 0 radical (unpaired) electrons. The predicted octanol–water partition coefficient (Wildman–Crippen LogP) is 1.95. The molecule has 98 valence electrons. The minimum Gasteiger partial charge on any atom is -0.492 e. The van der Waals surface area contributed by atoms with Crippen molar-refractivity contribution in [2.45, 2.75) is 25.7 Å². The van der Waals surface area contributed by atoms with Gasteiger partial charge in [-0.1, -0.05) is 6.42 Å². The molecule has 0 aliphatic heterocycles. The molecule has 1 saturated carbocycles. The van der Waals surface area contributed by atoms with Crippen molar-refractivity contribution >= 4 is 11.6 Å². The van der Waals surface area contributed by atoms with E-state index in [1.807, 2.05) is 12.1 Å².